The quantitative estimate of drug-likeness (QED) is 0.877. The van der Waals surface area contributed by atoms with E-state index in [2.05, 4.69) is 0 Å². The van der Waals surface area contributed by atoms with Crippen molar-refractivity contribution in [2.45, 2.75) is 13.8 Å². The molecule has 0 aliphatic rings. The van der Waals surface area contributed by atoms with Crippen molar-refractivity contribution in [1.29, 1.82) is 0 Å². The molecule has 108 valence electrons. The van der Waals surface area contributed by atoms with Crippen molar-refractivity contribution >= 4 is 11.9 Å². The molecule has 0 atom stereocenters. The minimum atomic E-state index is -0.958. The van der Waals surface area contributed by atoms with Crippen LogP contribution in [-0.4, -0.2) is 24.2 Å². The summed E-state index contributed by atoms with van der Waals surface area (Å²) in [6.07, 6.45) is 0. The summed E-state index contributed by atoms with van der Waals surface area (Å²) in [5.74, 6) is -1.35. The van der Waals surface area contributed by atoms with Gasteiger partial charge in [-0.2, -0.15) is 0 Å². The maximum Gasteiger partial charge on any atom is 0.337 e. The second kappa shape index (κ2) is 5.79. The number of hydrogen-bond donors (Lipinski definition) is 1. The third kappa shape index (κ3) is 2.94. The standard InChI is InChI=1S/C17H16O4/c1-10-4-5-12(16(18)19)9-15(10)14-7-6-13(8-11(14)2)17(20)21-3/h4-9H,1-3H3,(H,18,19). The van der Waals surface area contributed by atoms with Crippen molar-refractivity contribution in [2.75, 3.05) is 7.11 Å². The lowest BCUT2D eigenvalue weighted by Crippen LogP contribution is -2.02. The highest BCUT2D eigenvalue weighted by atomic mass is 16.5. The molecule has 21 heavy (non-hydrogen) atoms. The van der Waals surface area contributed by atoms with Gasteiger partial charge in [-0.3, -0.25) is 0 Å². The van der Waals surface area contributed by atoms with Crippen LogP contribution >= 0.6 is 0 Å². The first-order chi connectivity index (χ1) is 9.93. The number of carbonyl (C=O) groups is 2. The first-order valence-electron chi connectivity index (χ1n) is 6.47. The summed E-state index contributed by atoms with van der Waals surface area (Å²) in [7, 11) is 1.34. The summed E-state index contributed by atoms with van der Waals surface area (Å²) >= 11 is 0. The number of carbonyl (C=O) groups excluding carboxylic acids is 1. The predicted octanol–water partition coefficient (Wildman–Crippen LogP) is 3.46. The van der Waals surface area contributed by atoms with Gasteiger partial charge < -0.3 is 9.84 Å². The normalized spacial score (nSPS) is 10.2. The van der Waals surface area contributed by atoms with Crippen molar-refractivity contribution in [3.05, 3.63) is 58.7 Å². The van der Waals surface area contributed by atoms with E-state index in [4.69, 9.17) is 9.84 Å². The second-order valence-electron chi connectivity index (χ2n) is 4.86. The third-order valence-corrected chi connectivity index (χ3v) is 3.42. The van der Waals surface area contributed by atoms with Crippen molar-refractivity contribution in [3.63, 3.8) is 0 Å². The van der Waals surface area contributed by atoms with Crippen LogP contribution in [0.5, 0.6) is 0 Å². The van der Waals surface area contributed by atoms with E-state index < -0.39 is 5.97 Å². The fraction of sp³-hybridized carbons (Fsp3) is 0.176. The first-order valence-corrected chi connectivity index (χ1v) is 6.47. The number of carboxylic acids is 1. The van der Waals surface area contributed by atoms with E-state index in [-0.39, 0.29) is 11.5 Å². The summed E-state index contributed by atoms with van der Waals surface area (Å²) in [5, 5.41) is 9.10. The fourth-order valence-corrected chi connectivity index (χ4v) is 2.26. The number of esters is 1. The van der Waals surface area contributed by atoms with Crippen LogP contribution < -0.4 is 0 Å². The van der Waals surface area contributed by atoms with Crippen LogP contribution in [0.15, 0.2) is 36.4 Å². The van der Waals surface area contributed by atoms with E-state index in [0.29, 0.717) is 5.56 Å². The number of carboxylic acid groups (broad SMARTS) is 1. The van der Waals surface area contributed by atoms with Gasteiger partial charge in [-0.1, -0.05) is 12.1 Å². The minimum absolute atomic E-state index is 0.243. The molecule has 0 aliphatic heterocycles. The van der Waals surface area contributed by atoms with Gasteiger partial charge in [0.1, 0.15) is 0 Å². The highest BCUT2D eigenvalue weighted by Gasteiger charge is 2.12. The van der Waals surface area contributed by atoms with Gasteiger partial charge in [0.05, 0.1) is 18.2 Å². The van der Waals surface area contributed by atoms with Gasteiger partial charge in [0.25, 0.3) is 0 Å². The Morgan fingerprint density at radius 3 is 2.14 bits per heavy atom. The molecule has 0 heterocycles. The van der Waals surface area contributed by atoms with E-state index in [1.807, 2.05) is 19.9 Å². The van der Waals surface area contributed by atoms with Crippen LogP contribution in [0.4, 0.5) is 0 Å². The number of ether oxygens (including phenoxy) is 1. The van der Waals surface area contributed by atoms with E-state index in [0.717, 1.165) is 22.3 Å². The SMILES string of the molecule is COC(=O)c1ccc(-c2cc(C(=O)O)ccc2C)c(C)c1. The van der Waals surface area contributed by atoms with Crippen molar-refractivity contribution in [2.24, 2.45) is 0 Å². The second-order valence-corrected chi connectivity index (χ2v) is 4.86. The summed E-state index contributed by atoms with van der Waals surface area (Å²) in [6, 6.07) is 10.3. The van der Waals surface area contributed by atoms with Gasteiger partial charge in [-0.15, -0.1) is 0 Å². The average molecular weight is 284 g/mol. The zero-order valence-electron chi connectivity index (χ0n) is 12.1. The maximum absolute atomic E-state index is 11.5. The molecule has 0 fully saturated rings. The number of benzene rings is 2. The van der Waals surface area contributed by atoms with Crippen molar-refractivity contribution < 1.29 is 19.4 Å². The highest BCUT2D eigenvalue weighted by Crippen LogP contribution is 2.28. The number of aromatic carboxylic acids is 1. The smallest absolute Gasteiger partial charge is 0.337 e. The first kappa shape index (κ1) is 14.8. The molecule has 0 amide bonds. The van der Waals surface area contributed by atoms with E-state index in [1.54, 1.807) is 30.3 Å². The van der Waals surface area contributed by atoms with Gasteiger partial charge in [0.15, 0.2) is 0 Å². The maximum atomic E-state index is 11.5. The molecule has 4 nitrogen and oxygen atoms in total. The van der Waals surface area contributed by atoms with Crippen LogP contribution in [0.1, 0.15) is 31.8 Å². The van der Waals surface area contributed by atoms with Gasteiger partial charge >= 0.3 is 11.9 Å². The van der Waals surface area contributed by atoms with Crippen LogP contribution in [0.25, 0.3) is 11.1 Å². The number of hydrogen-bond acceptors (Lipinski definition) is 3. The van der Waals surface area contributed by atoms with Crippen LogP contribution in [0, 0.1) is 13.8 Å². The Morgan fingerprint density at radius 2 is 1.57 bits per heavy atom. The number of methoxy groups -OCH3 is 1. The molecule has 0 saturated carbocycles. The Morgan fingerprint density at radius 1 is 0.905 bits per heavy atom. The van der Waals surface area contributed by atoms with E-state index in [9.17, 15) is 9.59 Å². The van der Waals surface area contributed by atoms with Crippen LogP contribution in [0.2, 0.25) is 0 Å². The Kier molecular flexibility index (Phi) is 4.08. The Balaban J connectivity index is 2.54. The topological polar surface area (TPSA) is 63.6 Å². The van der Waals surface area contributed by atoms with Gasteiger partial charge in [0, 0.05) is 0 Å². The monoisotopic (exact) mass is 284 g/mol. The molecular formula is C17H16O4. The lowest BCUT2D eigenvalue weighted by Gasteiger charge is -2.11. The summed E-state index contributed by atoms with van der Waals surface area (Å²) in [6.45, 7) is 3.81. The molecular weight excluding hydrogens is 268 g/mol. The molecule has 0 spiro atoms. The fourth-order valence-electron chi connectivity index (χ4n) is 2.26. The molecule has 0 radical (unpaired) electrons. The molecule has 0 saturated heterocycles. The number of rotatable bonds is 3. The van der Waals surface area contributed by atoms with Gasteiger partial charge in [-0.25, -0.2) is 9.59 Å². The zero-order chi connectivity index (χ0) is 15.6. The molecule has 0 bridgehead atoms. The lowest BCUT2D eigenvalue weighted by atomic mass is 9.93. The lowest BCUT2D eigenvalue weighted by molar-refractivity contribution is 0.0599. The molecule has 2 aromatic carbocycles. The largest absolute Gasteiger partial charge is 0.478 e. The summed E-state index contributed by atoms with van der Waals surface area (Å²) < 4.78 is 4.69. The Bertz CT molecular complexity index is 717. The molecule has 0 aliphatic carbocycles. The molecule has 2 rings (SSSR count). The van der Waals surface area contributed by atoms with E-state index >= 15 is 0 Å². The molecule has 0 aromatic heterocycles. The predicted molar refractivity (Wildman–Crippen MR) is 79.7 cm³/mol. The Hall–Kier alpha value is -2.62. The summed E-state index contributed by atoms with van der Waals surface area (Å²) in [4.78, 5) is 22.6. The van der Waals surface area contributed by atoms with E-state index in [1.165, 1.54) is 7.11 Å². The van der Waals surface area contributed by atoms with Crippen LogP contribution in [-0.2, 0) is 4.74 Å². The van der Waals surface area contributed by atoms with Gasteiger partial charge in [-0.05, 0) is 60.4 Å². The molecule has 2 aromatic rings. The molecule has 0 unspecified atom stereocenters. The van der Waals surface area contributed by atoms with Gasteiger partial charge in [0.2, 0.25) is 0 Å². The number of aryl methyl sites for hydroxylation is 2. The Labute approximate surface area is 123 Å². The summed E-state index contributed by atoms with van der Waals surface area (Å²) in [5.41, 5.74) is 4.35. The van der Waals surface area contributed by atoms with Crippen LogP contribution in [0.3, 0.4) is 0 Å². The average Bonchev–Trinajstić information content (AvgIpc) is 2.47. The van der Waals surface area contributed by atoms with Crippen molar-refractivity contribution in [3.8, 4) is 11.1 Å². The van der Waals surface area contributed by atoms with Crippen molar-refractivity contribution in [1.82, 2.24) is 0 Å². The third-order valence-electron chi connectivity index (χ3n) is 3.42. The highest BCUT2D eigenvalue weighted by molar-refractivity contribution is 5.92. The minimum Gasteiger partial charge on any atom is -0.478 e. The molecule has 1 N–H and O–H groups in total. The molecule has 4 heteroatoms. The zero-order valence-corrected chi connectivity index (χ0v) is 12.1.